The Balaban J connectivity index is 1.43. The van der Waals surface area contributed by atoms with E-state index in [-0.39, 0.29) is 48.5 Å². The van der Waals surface area contributed by atoms with Gasteiger partial charge in [-0.05, 0) is 23.8 Å². The maximum atomic E-state index is 12.9. The Bertz CT molecular complexity index is 1360. The highest BCUT2D eigenvalue weighted by Gasteiger charge is 2.24. The summed E-state index contributed by atoms with van der Waals surface area (Å²) < 4.78 is 23.3. The molecule has 3 aromatic rings. The zero-order valence-electron chi connectivity index (χ0n) is 18.7. The number of anilines is 1. The smallest absolute Gasteiger partial charge is 0.257 e. The molecule has 1 aliphatic heterocycles. The Morgan fingerprint density at radius 3 is 2.29 bits per heavy atom. The van der Waals surface area contributed by atoms with Crippen LogP contribution in [-0.4, -0.2) is 60.4 Å². The summed E-state index contributed by atoms with van der Waals surface area (Å²) in [5.41, 5.74) is 2.01. The third-order valence-electron chi connectivity index (χ3n) is 5.72. The van der Waals surface area contributed by atoms with Crippen molar-refractivity contribution in [1.29, 1.82) is 5.41 Å². The number of aromatic nitrogens is 1. The number of amidine groups is 1. The fourth-order valence-electron chi connectivity index (χ4n) is 3.74. The number of nitrogens with zero attached hydrogens (tertiary/aromatic N) is 2. The van der Waals surface area contributed by atoms with Gasteiger partial charge >= 0.3 is 0 Å². The first-order valence-corrected chi connectivity index (χ1v) is 13.1. The number of benzene rings is 2. The molecule has 0 aliphatic carbocycles. The first-order valence-electron chi connectivity index (χ1n) is 10.9. The normalized spacial score (nSPS) is 14.8. The van der Waals surface area contributed by atoms with Crippen molar-refractivity contribution in [2.75, 3.05) is 29.9 Å². The molecule has 1 saturated heterocycles. The molecule has 8 nitrogen and oxygen atoms in total. The highest BCUT2D eigenvalue weighted by molar-refractivity contribution is 7.91. The first-order chi connectivity index (χ1) is 16.7. The van der Waals surface area contributed by atoms with Crippen LogP contribution in [0.4, 0.5) is 5.82 Å². The van der Waals surface area contributed by atoms with Crippen molar-refractivity contribution < 1.29 is 18.0 Å². The fraction of sp³-hybridized carbons (Fsp3) is 0.200. The van der Waals surface area contributed by atoms with E-state index in [0.717, 1.165) is 0 Å². The van der Waals surface area contributed by atoms with Gasteiger partial charge < -0.3 is 10.2 Å². The van der Waals surface area contributed by atoms with Crippen LogP contribution < -0.4 is 5.32 Å². The Labute approximate surface area is 208 Å². The predicted octanol–water partition coefficient (Wildman–Crippen LogP) is 3.47. The van der Waals surface area contributed by atoms with E-state index in [1.54, 1.807) is 65.6 Å². The van der Waals surface area contributed by atoms with Gasteiger partial charge in [-0.2, -0.15) is 0 Å². The molecular weight excluding hydrogens is 488 g/mol. The first kappa shape index (κ1) is 24.6. The molecule has 2 aromatic carbocycles. The molecule has 0 spiro atoms. The van der Waals surface area contributed by atoms with E-state index >= 15 is 0 Å². The van der Waals surface area contributed by atoms with Crippen LogP contribution in [0.25, 0.3) is 0 Å². The lowest BCUT2D eigenvalue weighted by Gasteiger charge is -2.29. The minimum absolute atomic E-state index is 0.0262. The molecule has 0 saturated carbocycles. The molecule has 0 bridgehead atoms. The zero-order chi connectivity index (χ0) is 25.0. The molecule has 1 aromatic heterocycles. The van der Waals surface area contributed by atoms with Gasteiger partial charge in [0, 0.05) is 42.4 Å². The van der Waals surface area contributed by atoms with Crippen molar-refractivity contribution in [1.82, 2.24) is 9.88 Å². The summed E-state index contributed by atoms with van der Waals surface area (Å²) in [6, 6.07) is 16.8. The summed E-state index contributed by atoms with van der Waals surface area (Å²) >= 11 is 5.83. The van der Waals surface area contributed by atoms with Crippen LogP contribution in [0, 0.1) is 5.41 Å². The number of pyridine rings is 1. The maximum absolute atomic E-state index is 12.9. The van der Waals surface area contributed by atoms with Gasteiger partial charge in [-0.15, -0.1) is 0 Å². The molecule has 2 heterocycles. The molecule has 1 aliphatic rings. The molecule has 10 heteroatoms. The van der Waals surface area contributed by atoms with E-state index in [2.05, 4.69) is 10.3 Å². The second-order valence-electron chi connectivity index (χ2n) is 8.14. The molecule has 1 amide bonds. The third kappa shape index (κ3) is 6.12. The average molecular weight is 511 g/mol. The zero-order valence-corrected chi connectivity index (χ0v) is 20.3. The quantitative estimate of drug-likeness (QED) is 0.297. The van der Waals surface area contributed by atoms with E-state index in [1.165, 1.54) is 6.20 Å². The lowest BCUT2D eigenvalue weighted by molar-refractivity contribution is 0.0992. The summed E-state index contributed by atoms with van der Waals surface area (Å²) in [5, 5.41) is 11.5. The molecule has 0 radical (unpaired) electrons. The van der Waals surface area contributed by atoms with Gasteiger partial charge in [0.1, 0.15) is 11.7 Å². The van der Waals surface area contributed by atoms with Crippen molar-refractivity contribution in [2.45, 2.75) is 6.42 Å². The summed E-state index contributed by atoms with van der Waals surface area (Å²) in [7, 11) is -3.03. The number of amides is 1. The van der Waals surface area contributed by atoms with Gasteiger partial charge in [-0.3, -0.25) is 15.0 Å². The number of Topliss-reactive ketones (excluding diaryl/α,β-unsaturated/α-hetero) is 1. The van der Waals surface area contributed by atoms with Crippen molar-refractivity contribution >= 4 is 44.8 Å². The van der Waals surface area contributed by atoms with Crippen LogP contribution in [0.1, 0.15) is 31.8 Å². The number of sulfone groups is 1. The Hall–Kier alpha value is -3.56. The number of ketones is 1. The number of hydrogen-bond acceptors (Lipinski definition) is 6. The average Bonchev–Trinajstić information content (AvgIpc) is 2.85. The van der Waals surface area contributed by atoms with Crippen LogP contribution >= 0.6 is 11.6 Å². The van der Waals surface area contributed by atoms with Crippen LogP contribution in [-0.2, 0) is 16.3 Å². The van der Waals surface area contributed by atoms with Crippen LogP contribution in [0.5, 0.6) is 0 Å². The number of carbonyl (C=O) groups is 2. The molecular formula is C25H23ClN4O4S. The van der Waals surface area contributed by atoms with E-state index in [0.29, 0.717) is 33.1 Å². The lowest BCUT2D eigenvalue weighted by Crippen LogP contribution is -2.43. The van der Waals surface area contributed by atoms with Gasteiger partial charge in [-0.1, -0.05) is 54.1 Å². The Morgan fingerprint density at radius 1 is 0.971 bits per heavy atom. The molecule has 4 rings (SSSR count). The minimum Gasteiger partial charge on any atom is -0.355 e. The Kier molecular flexibility index (Phi) is 7.28. The second kappa shape index (κ2) is 10.4. The maximum Gasteiger partial charge on any atom is 0.257 e. The van der Waals surface area contributed by atoms with Gasteiger partial charge in [0.2, 0.25) is 0 Å². The van der Waals surface area contributed by atoms with Crippen LogP contribution in [0.2, 0.25) is 5.02 Å². The highest BCUT2D eigenvalue weighted by atomic mass is 35.5. The topological polar surface area (TPSA) is 120 Å². The predicted molar refractivity (Wildman–Crippen MR) is 135 cm³/mol. The summed E-state index contributed by atoms with van der Waals surface area (Å²) in [6.07, 6.45) is 1.46. The van der Waals surface area contributed by atoms with Crippen molar-refractivity contribution in [3.05, 3.63) is 94.1 Å². The van der Waals surface area contributed by atoms with Crippen molar-refractivity contribution in [3.63, 3.8) is 0 Å². The van der Waals surface area contributed by atoms with E-state index < -0.39 is 9.84 Å². The monoisotopic (exact) mass is 510 g/mol. The molecule has 1 fully saturated rings. The summed E-state index contributed by atoms with van der Waals surface area (Å²) in [5.74, 6) is 0.106. The second-order valence-corrected chi connectivity index (χ2v) is 10.9. The van der Waals surface area contributed by atoms with Gasteiger partial charge in [0.15, 0.2) is 15.6 Å². The summed E-state index contributed by atoms with van der Waals surface area (Å²) in [4.78, 5) is 31.5. The number of hydrogen-bond donors (Lipinski definition) is 2. The molecule has 0 atom stereocenters. The molecule has 180 valence electrons. The number of rotatable bonds is 6. The Morgan fingerprint density at radius 2 is 1.63 bits per heavy atom. The molecule has 2 N–H and O–H groups in total. The highest BCUT2D eigenvalue weighted by Crippen LogP contribution is 2.17. The fourth-order valence-corrected chi connectivity index (χ4v) is 5.05. The summed E-state index contributed by atoms with van der Waals surface area (Å²) in [6.45, 7) is 0.568. The van der Waals surface area contributed by atoms with E-state index in [4.69, 9.17) is 17.0 Å². The minimum atomic E-state index is -3.03. The standard InChI is InChI=1S/C25H23ClN4O4S/c26-20-9-10-23(28-16-20)29-25(32)21-4-2-1-3-19(21)15-22(31)17-5-7-18(8-6-17)24(27)30-11-13-35(33,34)14-12-30/h1-10,16,27H,11-15H2,(H,28,29,32). The SMILES string of the molecule is N=C(c1ccc(C(=O)Cc2ccccc2C(=O)Nc2ccc(Cl)cn2)cc1)N1CCS(=O)(=O)CC1. The van der Waals surface area contributed by atoms with Crippen molar-refractivity contribution in [2.24, 2.45) is 0 Å². The van der Waals surface area contributed by atoms with Gasteiger partial charge in [-0.25, -0.2) is 13.4 Å². The lowest BCUT2D eigenvalue weighted by atomic mass is 9.97. The molecule has 0 unspecified atom stereocenters. The van der Waals surface area contributed by atoms with Crippen molar-refractivity contribution in [3.8, 4) is 0 Å². The van der Waals surface area contributed by atoms with Crippen LogP contribution in [0.3, 0.4) is 0 Å². The largest absolute Gasteiger partial charge is 0.355 e. The molecule has 35 heavy (non-hydrogen) atoms. The van der Waals surface area contributed by atoms with Gasteiger partial charge in [0.05, 0.1) is 16.5 Å². The van der Waals surface area contributed by atoms with E-state index in [1.807, 2.05) is 0 Å². The van der Waals surface area contributed by atoms with Gasteiger partial charge in [0.25, 0.3) is 5.91 Å². The van der Waals surface area contributed by atoms with E-state index in [9.17, 15) is 18.0 Å². The number of nitrogens with one attached hydrogen (secondary N) is 2. The van der Waals surface area contributed by atoms with Crippen LogP contribution in [0.15, 0.2) is 66.9 Å². The number of carbonyl (C=O) groups excluding carboxylic acids is 2. The third-order valence-corrected chi connectivity index (χ3v) is 7.56. The number of halogens is 1.